The van der Waals surface area contributed by atoms with Crippen LogP contribution in [0.3, 0.4) is 0 Å². The zero-order chi connectivity index (χ0) is 43.7. The van der Waals surface area contributed by atoms with Gasteiger partial charge in [-0.1, -0.05) is 264 Å². The second kappa shape index (κ2) is 50.2. The number of nitrogens with one attached hydrogen (secondary N) is 1. The molecule has 0 aromatic rings. The maximum Gasteiger partial charge on any atom is 0.305 e. The van der Waals surface area contributed by atoms with Gasteiger partial charge in [0.25, 0.3) is 0 Å². The molecule has 0 aliphatic rings. The molecule has 0 aromatic heterocycles. The van der Waals surface area contributed by atoms with E-state index in [1.54, 1.807) is 6.08 Å². The molecule has 0 saturated carbocycles. The Hall–Kier alpha value is -1.40. The Morgan fingerprint density at radius 3 is 1.13 bits per heavy atom. The molecule has 0 saturated heterocycles. The van der Waals surface area contributed by atoms with Gasteiger partial charge in [0.2, 0.25) is 5.91 Å². The molecule has 2 unspecified atom stereocenters. The molecule has 6 heteroatoms. The number of hydrogen-bond acceptors (Lipinski definition) is 5. The van der Waals surface area contributed by atoms with Crippen molar-refractivity contribution in [3.63, 3.8) is 0 Å². The second-order valence-electron chi connectivity index (χ2n) is 18.6. The third-order valence-electron chi connectivity index (χ3n) is 12.6. The summed E-state index contributed by atoms with van der Waals surface area (Å²) in [6.07, 6.45) is 57.9. The molecule has 60 heavy (non-hydrogen) atoms. The van der Waals surface area contributed by atoms with E-state index in [4.69, 9.17) is 4.74 Å². The predicted molar refractivity (Wildman–Crippen MR) is 260 cm³/mol. The maximum absolute atomic E-state index is 12.4. The minimum absolute atomic E-state index is 0.0225. The molecule has 0 spiro atoms. The van der Waals surface area contributed by atoms with Gasteiger partial charge in [0, 0.05) is 12.8 Å². The topological polar surface area (TPSA) is 95.9 Å². The van der Waals surface area contributed by atoms with Gasteiger partial charge in [0.15, 0.2) is 0 Å². The van der Waals surface area contributed by atoms with E-state index < -0.39 is 12.1 Å². The fraction of sp³-hybridized carbons (Fsp3) is 0.926. The molecule has 1 amide bonds. The van der Waals surface area contributed by atoms with E-state index in [0.717, 1.165) is 57.8 Å². The molecule has 0 bridgehead atoms. The third-order valence-corrected chi connectivity index (χ3v) is 12.6. The first-order chi connectivity index (χ1) is 29.5. The van der Waals surface area contributed by atoms with Gasteiger partial charge >= 0.3 is 5.97 Å². The quantitative estimate of drug-likeness (QED) is 0.0322. The van der Waals surface area contributed by atoms with Gasteiger partial charge in [-0.25, -0.2) is 0 Å². The van der Waals surface area contributed by atoms with Crippen LogP contribution in [-0.2, 0) is 14.3 Å². The van der Waals surface area contributed by atoms with Crippen LogP contribution in [-0.4, -0.2) is 47.4 Å². The van der Waals surface area contributed by atoms with Crippen molar-refractivity contribution >= 4 is 11.9 Å². The fourth-order valence-electron chi connectivity index (χ4n) is 8.40. The number of amides is 1. The predicted octanol–water partition coefficient (Wildman–Crippen LogP) is 16.1. The Balaban J connectivity index is 3.49. The van der Waals surface area contributed by atoms with Crippen LogP contribution in [0.1, 0.15) is 296 Å². The minimum atomic E-state index is -0.860. The van der Waals surface area contributed by atoms with Crippen molar-refractivity contribution in [1.82, 2.24) is 5.32 Å². The number of ether oxygens (including phenoxy) is 1. The van der Waals surface area contributed by atoms with Crippen LogP contribution in [0.2, 0.25) is 0 Å². The molecule has 0 fully saturated rings. The van der Waals surface area contributed by atoms with Crippen LogP contribution in [0.15, 0.2) is 12.2 Å². The number of aliphatic hydroxyl groups is 2. The minimum Gasteiger partial charge on any atom is -0.466 e. The van der Waals surface area contributed by atoms with E-state index >= 15 is 0 Å². The molecular formula is C54H105NO5. The van der Waals surface area contributed by atoms with Crippen LogP contribution in [0.4, 0.5) is 0 Å². The van der Waals surface area contributed by atoms with E-state index in [1.807, 2.05) is 6.08 Å². The molecule has 356 valence electrons. The second-order valence-corrected chi connectivity index (χ2v) is 18.6. The Labute approximate surface area is 374 Å². The molecule has 6 nitrogen and oxygen atoms in total. The van der Waals surface area contributed by atoms with Gasteiger partial charge in [-0.15, -0.1) is 0 Å². The van der Waals surface area contributed by atoms with Gasteiger partial charge in [0.1, 0.15) is 0 Å². The highest BCUT2D eigenvalue weighted by Crippen LogP contribution is 2.17. The number of rotatable bonds is 50. The van der Waals surface area contributed by atoms with Gasteiger partial charge in [-0.2, -0.15) is 0 Å². The number of carbonyl (C=O) groups is 2. The third kappa shape index (κ3) is 46.1. The summed E-state index contributed by atoms with van der Waals surface area (Å²) >= 11 is 0. The SMILES string of the molecule is CCCCCCCCCCCCCCCC/C=C/C(O)C(CO)NC(=O)CCCCCCCCCCCOC(=O)CCCCCCCCCCCCCCCCCCCC. The summed E-state index contributed by atoms with van der Waals surface area (Å²) in [6.45, 7) is 4.86. The Kier molecular flexibility index (Phi) is 49.1. The van der Waals surface area contributed by atoms with E-state index in [9.17, 15) is 19.8 Å². The molecule has 0 radical (unpaired) electrons. The lowest BCUT2D eigenvalue weighted by Gasteiger charge is -2.20. The molecule has 3 N–H and O–H groups in total. The van der Waals surface area contributed by atoms with Gasteiger partial charge < -0.3 is 20.3 Å². The van der Waals surface area contributed by atoms with Crippen molar-refractivity contribution in [2.75, 3.05) is 13.2 Å². The molecule has 0 aliphatic carbocycles. The fourth-order valence-corrected chi connectivity index (χ4v) is 8.40. The number of allylic oxidation sites excluding steroid dienone is 1. The zero-order valence-electron chi connectivity index (χ0n) is 40.5. The van der Waals surface area contributed by atoms with E-state index in [2.05, 4.69) is 19.2 Å². The summed E-state index contributed by atoms with van der Waals surface area (Å²) in [4.78, 5) is 24.5. The normalized spacial score (nSPS) is 12.7. The first-order valence-electron chi connectivity index (χ1n) is 27.0. The number of carbonyl (C=O) groups excluding carboxylic acids is 2. The maximum atomic E-state index is 12.4. The largest absolute Gasteiger partial charge is 0.466 e. The van der Waals surface area contributed by atoms with E-state index in [-0.39, 0.29) is 18.5 Å². The van der Waals surface area contributed by atoms with Crippen molar-refractivity contribution in [3.8, 4) is 0 Å². The summed E-state index contributed by atoms with van der Waals surface area (Å²) in [6, 6.07) is -0.646. The Morgan fingerprint density at radius 2 is 0.767 bits per heavy atom. The molecule has 0 aliphatic heterocycles. The van der Waals surface area contributed by atoms with Crippen molar-refractivity contribution in [2.45, 2.75) is 309 Å². The van der Waals surface area contributed by atoms with Crippen molar-refractivity contribution in [1.29, 1.82) is 0 Å². The van der Waals surface area contributed by atoms with Crippen LogP contribution in [0.5, 0.6) is 0 Å². The van der Waals surface area contributed by atoms with E-state index in [1.165, 1.54) is 212 Å². The number of unbranched alkanes of at least 4 members (excludes halogenated alkanes) is 39. The van der Waals surface area contributed by atoms with Crippen LogP contribution in [0, 0.1) is 0 Å². The van der Waals surface area contributed by atoms with Crippen molar-refractivity contribution in [3.05, 3.63) is 12.2 Å². The Bertz CT molecular complexity index is 893. The highest BCUT2D eigenvalue weighted by Gasteiger charge is 2.18. The lowest BCUT2D eigenvalue weighted by molar-refractivity contribution is -0.143. The Morgan fingerprint density at radius 1 is 0.450 bits per heavy atom. The highest BCUT2D eigenvalue weighted by atomic mass is 16.5. The summed E-state index contributed by atoms with van der Waals surface area (Å²) in [7, 11) is 0. The average Bonchev–Trinajstić information content (AvgIpc) is 3.25. The standard InChI is InChI=1S/C54H105NO5/c1-3-5-7-9-11-13-15-17-19-21-22-24-26-28-32-36-40-44-48-54(59)60-49-45-41-37-33-29-31-35-39-43-47-53(58)55-51(50-56)52(57)46-42-38-34-30-27-25-23-20-18-16-14-12-10-8-6-4-2/h42,46,51-52,56-57H,3-41,43-45,47-50H2,1-2H3,(H,55,58)/b46-42+. The number of hydrogen-bond donors (Lipinski definition) is 3. The van der Waals surface area contributed by atoms with Gasteiger partial charge in [0.05, 0.1) is 25.4 Å². The first kappa shape index (κ1) is 58.6. The van der Waals surface area contributed by atoms with Crippen molar-refractivity contribution < 1.29 is 24.5 Å². The molecule has 0 rings (SSSR count). The average molecular weight is 848 g/mol. The van der Waals surface area contributed by atoms with Crippen LogP contribution >= 0.6 is 0 Å². The van der Waals surface area contributed by atoms with Crippen LogP contribution in [0.25, 0.3) is 0 Å². The highest BCUT2D eigenvalue weighted by molar-refractivity contribution is 5.76. The van der Waals surface area contributed by atoms with Gasteiger partial charge in [-0.05, 0) is 32.1 Å². The summed E-state index contributed by atoms with van der Waals surface area (Å²) < 4.78 is 5.47. The number of aliphatic hydroxyl groups excluding tert-OH is 2. The van der Waals surface area contributed by atoms with Gasteiger partial charge in [-0.3, -0.25) is 9.59 Å². The molecule has 2 atom stereocenters. The smallest absolute Gasteiger partial charge is 0.305 e. The van der Waals surface area contributed by atoms with Crippen molar-refractivity contribution in [2.24, 2.45) is 0 Å². The molecule has 0 aromatic carbocycles. The van der Waals surface area contributed by atoms with Crippen LogP contribution < -0.4 is 5.32 Å². The lowest BCUT2D eigenvalue weighted by Crippen LogP contribution is -2.45. The summed E-state index contributed by atoms with van der Waals surface area (Å²) in [5.74, 6) is -0.116. The molecule has 0 heterocycles. The molecular weight excluding hydrogens is 743 g/mol. The first-order valence-corrected chi connectivity index (χ1v) is 27.0. The lowest BCUT2D eigenvalue weighted by atomic mass is 10.0. The summed E-state index contributed by atoms with van der Waals surface area (Å²) in [5, 5.41) is 23.1. The zero-order valence-corrected chi connectivity index (χ0v) is 40.5. The number of esters is 1. The summed E-state index contributed by atoms with van der Waals surface area (Å²) in [5.41, 5.74) is 0. The van der Waals surface area contributed by atoms with E-state index in [0.29, 0.717) is 19.4 Å². The monoisotopic (exact) mass is 848 g/mol.